The Kier molecular flexibility index (Phi) is 5.87. The van der Waals surface area contributed by atoms with Crippen molar-refractivity contribution in [1.29, 1.82) is 0 Å². The zero-order chi connectivity index (χ0) is 16.7. The third-order valence-electron chi connectivity index (χ3n) is 6.05. The van der Waals surface area contributed by atoms with Crippen LogP contribution < -0.4 is 0 Å². The molecule has 3 rings (SSSR count). The fraction of sp³-hybridized carbons (Fsp3) is 0.789. The lowest BCUT2D eigenvalue weighted by Crippen LogP contribution is -2.55. The van der Waals surface area contributed by atoms with E-state index in [0.29, 0.717) is 25.7 Å². The first-order valence-electron chi connectivity index (χ1n) is 8.69. The van der Waals surface area contributed by atoms with E-state index in [4.69, 9.17) is 4.74 Å². The maximum atomic E-state index is 12.0. The number of rotatable bonds is 3. The van der Waals surface area contributed by atoms with E-state index in [2.05, 4.69) is 0 Å². The van der Waals surface area contributed by atoms with E-state index in [9.17, 15) is 19.8 Å². The van der Waals surface area contributed by atoms with Crippen LogP contribution in [0, 0.1) is 23.7 Å². The van der Waals surface area contributed by atoms with Gasteiger partial charge in [0.25, 0.3) is 0 Å². The molecule has 1 heterocycles. The second-order valence-electron chi connectivity index (χ2n) is 7.34. The van der Waals surface area contributed by atoms with Crippen LogP contribution in [0.5, 0.6) is 0 Å². The number of hydrogen-bond donors (Lipinski definition) is 2. The lowest BCUT2D eigenvalue weighted by Gasteiger charge is -2.52. The molecule has 3 aliphatic rings. The predicted molar refractivity (Wildman–Crippen MR) is 90.1 cm³/mol. The monoisotopic (exact) mass is 338 g/mol. The van der Waals surface area contributed by atoms with Crippen molar-refractivity contribution in [3.8, 4) is 0 Å². The van der Waals surface area contributed by atoms with Crippen LogP contribution in [0.15, 0.2) is 11.6 Å². The molecule has 0 amide bonds. The molecule has 1 saturated heterocycles. The van der Waals surface area contributed by atoms with E-state index in [1.165, 1.54) is 0 Å². The molecular formula is C19H30O5. The van der Waals surface area contributed by atoms with Crippen LogP contribution in [0.25, 0.3) is 0 Å². The molecule has 5 heteroatoms. The summed E-state index contributed by atoms with van der Waals surface area (Å²) in [6, 6.07) is 0. The van der Waals surface area contributed by atoms with E-state index in [-0.39, 0.29) is 49.0 Å². The molecule has 0 radical (unpaired) electrons. The zero-order valence-electron chi connectivity index (χ0n) is 13.8. The molecule has 7 atom stereocenters. The molecule has 136 valence electrons. The summed E-state index contributed by atoms with van der Waals surface area (Å²) < 4.78 is 5.56. The SMILES string of the molecule is C.CCC(O)C(O)C1C2CCC(=O)OC2CC2C(C)=CC(=O)CC21. The van der Waals surface area contributed by atoms with Crippen molar-refractivity contribution in [3.63, 3.8) is 0 Å². The van der Waals surface area contributed by atoms with Gasteiger partial charge in [0.05, 0.1) is 12.2 Å². The minimum atomic E-state index is -0.879. The standard InChI is InChI=1S/C18H26O5.CH4/c1-3-14(20)18(22)17-11-4-5-16(21)23-15(11)8-12-9(2)6-10(19)7-13(12)17;/h6,11-15,17-18,20,22H,3-5,7-8H2,1-2H3;1H4. The largest absolute Gasteiger partial charge is 0.462 e. The summed E-state index contributed by atoms with van der Waals surface area (Å²) in [7, 11) is 0. The average Bonchev–Trinajstić information content (AvgIpc) is 2.51. The summed E-state index contributed by atoms with van der Waals surface area (Å²) in [5.41, 5.74) is 1.01. The van der Waals surface area contributed by atoms with Crippen molar-refractivity contribution >= 4 is 11.8 Å². The van der Waals surface area contributed by atoms with E-state index in [1.54, 1.807) is 6.08 Å². The third-order valence-corrected chi connectivity index (χ3v) is 6.05. The Morgan fingerprint density at radius 2 is 2.00 bits per heavy atom. The van der Waals surface area contributed by atoms with Gasteiger partial charge in [-0.15, -0.1) is 0 Å². The van der Waals surface area contributed by atoms with Gasteiger partial charge >= 0.3 is 5.97 Å². The van der Waals surface area contributed by atoms with Crippen LogP contribution in [0.2, 0.25) is 0 Å². The summed E-state index contributed by atoms with van der Waals surface area (Å²) >= 11 is 0. The van der Waals surface area contributed by atoms with E-state index in [1.807, 2.05) is 13.8 Å². The number of ketones is 1. The fourth-order valence-electron chi connectivity index (χ4n) is 4.92. The Labute approximate surface area is 144 Å². The van der Waals surface area contributed by atoms with Crippen molar-refractivity contribution in [3.05, 3.63) is 11.6 Å². The quantitative estimate of drug-likeness (QED) is 0.771. The highest BCUT2D eigenvalue weighted by atomic mass is 16.5. The second kappa shape index (κ2) is 7.36. The molecule has 0 spiro atoms. The van der Waals surface area contributed by atoms with Gasteiger partial charge in [0.15, 0.2) is 5.78 Å². The molecule has 1 saturated carbocycles. The number of carbonyl (C=O) groups excluding carboxylic acids is 2. The number of carbonyl (C=O) groups is 2. The van der Waals surface area contributed by atoms with Crippen molar-refractivity contribution in [2.45, 2.75) is 71.7 Å². The van der Waals surface area contributed by atoms with E-state index >= 15 is 0 Å². The highest BCUT2D eigenvalue weighted by Crippen LogP contribution is 2.51. The molecule has 5 nitrogen and oxygen atoms in total. The smallest absolute Gasteiger partial charge is 0.306 e. The van der Waals surface area contributed by atoms with Gasteiger partial charge in [0.2, 0.25) is 0 Å². The van der Waals surface area contributed by atoms with Gasteiger partial charge in [-0.25, -0.2) is 0 Å². The summed E-state index contributed by atoms with van der Waals surface area (Å²) in [6.07, 6.45) is 2.42. The van der Waals surface area contributed by atoms with Crippen LogP contribution in [-0.4, -0.2) is 40.3 Å². The first kappa shape index (κ1) is 19.1. The Morgan fingerprint density at radius 1 is 1.29 bits per heavy atom. The zero-order valence-corrected chi connectivity index (χ0v) is 13.8. The predicted octanol–water partition coefficient (Wildman–Crippen LogP) is 2.25. The fourth-order valence-corrected chi connectivity index (χ4v) is 4.92. The molecule has 7 unspecified atom stereocenters. The van der Waals surface area contributed by atoms with Gasteiger partial charge in [-0.1, -0.05) is 19.9 Å². The molecular weight excluding hydrogens is 308 g/mol. The molecule has 2 N–H and O–H groups in total. The Bertz CT molecular complexity index is 526. The number of allylic oxidation sites excluding steroid dienone is 2. The Balaban J connectivity index is 0.00000208. The highest BCUT2D eigenvalue weighted by Gasteiger charge is 2.52. The lowest BCUT2D eigenvalue weighted by atomic mass is 9.57. The molecule has 2 fully saturated rings. The molecule has 0 bridgehead atoms. The van der Waals surface area contributed by atoms with Crippen molar-refractivity contribution in [1.82, 2.24) is 0 Å². The maximum absolute atomic E-state index is 12.0. The summed E-state index contributed by atoms with van der Waals surface area (Å²) in [4.78, 5) is 23.7. The van der Waals surface area contributed by atoms with E-state index in [0.717, 1.165) is 12.0 Å². The number of aliphatic hydroxyl groups excluding tert-OH is 2. The molecule has 24 heavy (non-hydrogen) atoms. The van der Waals surface area contributed by atoms with Gasteiger partial charge in [0, 0.05) is 18.8 Å². The summed E-state index contributed by atoms with van der Waals surface area (Å²) in [5.74, 6) is -0.0794. The van der Waals surface area contributed by atoms with Crippen molar-refractivity contribution < 1.29 is 24.5 Å². The first-order valence-corrected chi connectivity index (χ1v) is 8.69. The lowest BCUT2D eigenvalue weighted by molar-refractivity contribution is -0.179. The topological polar surface area (TPSA) is 83.8 Å². The van der Waals surface area contributed by atoms with Crippen LogP contribution in [0.3, 0.4) is 0 Å². The molecule has 0 aromatic heterocycles. The molecule has 0 aromatic rings. The van der Waals surface area contributed by atoms with Gasteiger partial charge in [-0.05, 0) is 50.0 Å². The van der Waals surface area contributed by atoms with Crippen molar-refractivity contribution in [2.24, 2.45) is 23.7 Å². The highest BCUT2D eigenvalue weighted by molar-refractivity contribution is 5.91. The van der Waals surface area contributed by atoms with Gasteiger partial charge in [-0.3, -0.25) is 9.59 Å². The summed E-state index contributed by atoms with van der Waals surface area (Å²) in [5, 5.41) is 20.9. The van der Waals surface area contributed by atoms with E-state index < -0.39 is 12.2 Å². The summed E-state index contributed by atoms with van der Waals surface area (Å²) in [6.45, 7) is 3.78. The van der Waals surface area contributed by atoms with Crippen molar-refractivity contribution in [2.75, 3.05) is 0 Å². The third kappa shape index (κ3) is 3.29. The number of esters is 1. The first-order chi connectivity index (χ1) is 10.9. The van der Waals surface area contributed by atoms with Gasteiger partial charge in [-0.2, -0.15) is 0 Å². The second-order valence-corrected chi connectivity index (χ2v) is 7.34. The minimum absolute atomic E-state index is 0. The Hall–Kier alpha value is -1.20. The number of hydrogen-bond acceptors (Lipinski definition) is 5. The van der Waals surface area contributed by atoms with Crippen LogP contribution in [0.4, 0.5) is 0 Å². The minimum Gasteiger partial charge on any atom is -0.462 e. The molecule has 2 aliphatic carbocycles. The van der Waals surface area contributed by atoms with Crippen LogP contribution in [-0.2, 0) is 14.3 Å². The maximum Gasteiger partial charge on any atom is 0.306 e. The molecule has 0 aromatic carbocycles. The van der Waals surface area contributed by atoms with Gasteiger partial charge < -0.3 is 14.9 Å². The number of aliphatic hydroxyl groups is 2. The van der Waals surface area contributed by atoms with Crippen LogP contribution in [0.1, 0.15) is 53.4 Å². The van der Waals surface area contributed by atoms with Crippen LogP contribution >= 0.6 is 0 Å². The normalized spacial score (nSPS) is 38.0. The molecule has 1 aliphatic heterocycles. The van der Waals surface area contributed by atoms with Gasteiger partial charge in [0.1, 0.15) is 6.10 Å². The number of ether oxygens (including phenoxy) is 1. The number of fused-ring (bicyclic) bond motifs is 2. The average molecular weight is 338 g/mol. The Morgan fingerprint density at radius 3 is 2.67 bits per heavy atom.